The topological polar surface area (TPSA) is 21.3 Å². The average molecular weight is 187 g/mol. The van der Waals surface area contributed by atoms with Gasteiger partial charge in [-0.25, -0.2) is 0 Å². The number of hydrogen-bond acceptors (Lipinski definition) is 2. The summed E-state index contributed by atoms with van der Waals surface area (Å²) in [6.07, 6.45) is 8.10. The second-order valence-electron chi connectivity index (χ2n) is 3.15. The summed E-state index contributed by atoms with van der Waals surface area (Å²) >= 11 is 0. The number of ether oxygens (including phenoxy) is 1. The molecule has 0 aliphatic carbocycles. The van der Waals surface area contributed by atoms with E-state index in [1.165, 1.54) is 5.56 Å². The molecule has 14 heavy (non-hydrogen) atoms. The minimum absolute atomic E-state index is 0.312. The Bertz CT molecular complexity index is 356. The van der Waals surface area contributed by atoms with Gasteiger partial charge >= 0.3 is 0 Å². The molecule has 0 saturated heterocycles. The zero-order chi connectivity index (χ0) is 9.80. The largest absolute Gasteiger partial charge is 0.496 e. The van der Waals surface area contributed by atoms with Crippen molar-refractivity contribution >= 4 is 0 Å². The summed E-state index contributed by atoms with van der Waals surface area (Å²) in [6.45, 7) is 0. The van der Waals surface area contributed by atoms with Crippen LogP contribution in [0.2, 0.25) is 0 Å². The highest BCUT2D eigenvalue weighted by Crippen LogP contribution is 2.28. The number of dihydropyridines is 1. The second kappa shape index (κ2) is 4.01. The van der Waals surface area contributed by atoms with E-state index in [1.807, 2.05) is 30.6 Å². The molecule has 0 aromatic heterocycles. The van der Waals surface area contributed by atoms with Gasteiger partial charge in [0, 0.05) is 11.5 Å². The summed E-state index contributed by atoms with van der Waals surface area (Å²) in [5.41, 5.74) is 1.20. The molecule has 0 spiro atoms. The zero-order valence-corrected chi connectivity index (χ0v) is 8.10. The minimum atomic E-state index is 0.312. The first-order valence-corrected chi connectivity index (χ1v) is 4.64. The van der Waals surface area contributed by atoms with Crippen LogP contribution in [0.4, 0.5) is 0 Å². The summed E-state index contributed by atoms with van der Waals surface area (Å²) in [5.74, 6) is 1.25. The van der Waals surface area contributed by atoms with Crippen LogP contribution in [0.15, 0.2) is 48.8 Å². The number of methoxy groups -OCH3 is 1. The van der Waals surface area contributed by atoms with Crippen molar-refractivity contribution in [1.82, 2.24) is 5.32 Å². The summed E-state index contributed by atoms with van der Waals surface area (Å²) < 4.78 is 5.31. The first-order chi connectivity index (χ1) is 6.92. The molecule has 1 heterocycles. The molecule has 0 fully saturated rings. The number of para-hydroxylation sites is 1. The smallest absolute Gasteiger partial charge is 0.122 e. The first kappa shape index (κ1) is 8.88. The second-order valence-corrected chi connectivity index (χ2v) is 3.15. The predicted molar refractivity (Wildman–Crippen MR) is 57.2 cm³/mol. The first-order valence-electron chi connectivity index (χ1n) is 4.64. The highest BCUT2D eigenvalue weighted by atomic mass is 16.5. The number of allylic oxidation sites excluding steroid dienone is 2. The molecule has 2 nitrogen and oxygen atoms in total. The average Bonchev–Trinajstić information content (AvgIpc) is 2.30. The van der Waals surface area contributed by atoms with E-state index in [1.54, 1.807) is 7.11 Å². The Hall–Kier alpha value is -1.70. The maximum atomic E-state index is 5.31. The lowest BCUT2D eigenvalue weighted by Gasteiger charge is -2.15. The minimum Gasteiger partial charge on any atom is -0.496 e. The summed E-state index contributed by atoms with van der Waals surface area (Å²) in [5, 5.41) is 3.02. The molecule has 2 heteroatoms. The van der Waals surface area contributed by atoms with Crippen molar-refractivity contribution in [2.45, 2.75) is 5.92 Å². The number of hydrogen-bond donors (Lipinski definition) is 1. The van der Waals surface area contributed by atoms with Gasteiger partial charge in [0.1, 0.15) is 5.75 Å². The lowest BCUT2D eigenvalue weighted by Crippen LogP contribution is -2.04. The molecule has 1 aromatic carbocycles. The summed E-state index contributed by atoms with van der Waals surface area (Å²) in [7, 11) is 1.70. The van der Waals surface area contributed by atoms with E-state index < -0.39 is 0 Å². The molecule has 0 bridgehead atoms. The Morgan fingerprint density at radius 2 is 1.86 bits per heavy atom. The van der Waals surface area contributed by atoms with Crippen LogP contribution in [0.1, 0.15) is 11.5 Å². The van der Waals surface area contributed by atoms with E-state index in [0.29, 0.717) is 5.92 Å². The standard InChI is InChI=1S/C12H13NO/c1-14-12-5-3-2-4-11(12)10-6-8-13-9-7-10/h2-10,13H,1H3. The number of rotatable bonds is 2. The van der Waals surface area contributed by atoms with Crippen molar-refractivity contribution in [2.75, 3.05) is 7.11 Å². The molecule has 0 radical (unpaired) electrons. The molecule has 2 rings (SSSR count). The predicted octanol–water partition coefficient (Wildman–Crippen LogP) is 2.41. The Balaban J connectivity index is 2.34. The Labute approximate surface area is 83.9 Å². The number of nitrogens with one attached hydrogen (secondary N) is 1. The van der Waals surface area contributed by atoms with Crippen molar-refractivity contribution in [1.29, 1.82) is 0 Å². The molecule has 1 N–H and O–H groups in total. The maximum absolute atomic E-state index is 5.31. The van der Waals surface area contributed by atoms with E-state index in [9.17, 15) is 0 Å². The zero-order valence-electron chi connectivity index (χ0n) is 8.10. The van der Waals surface area contributed by atoms with Crippen LogP contribution in [0.5, 0.6) is 5.75 Å². The van der Waals surface area contributed by atoms with Gasteiger partial charge in [-0.1, -0.05) is 30.4 Å². The van der Waals surface area contributed by atoms with Gasteiger partial charge < -0.3 is 10.1 Å². The molecule has 72 valence electrons. The molecule has 1 aliphatic rings. The van der Waals surface area contributed by atoms with Gasteiger partial charge in [0.05, 0.1) is 7.11 Å². The van der Waals surface area contributed by atoms with Gasteiger partial charge in [-0.3, -0.25) is 0 Å². The van der Waals surface area contributed by atoms with E-state index in [4.69, 9.17) is 4.74 Å². The molecule has 0 saturated carbocycles. The van der Waals surface area contributed by atoms with E-state index >= 15 is 0 Å². The molecule has 1 aliphatic heterocycles. The van der Waals surface area contributed by atoms with Crippen LogP contribution in [0.3, 0.4) is 0 Å². The van der Waals surface area contributed by atoms with E-state index in [0.717, 1.165) is 5.75 Å². The Kier molecular flexibility index (Phi) is 2.54. The fraction of sp³-hybridized carbons (Fsp3) is 0.167. The van der Waals surface area contributed by atoms with Gasteiger partial charge in [0.25, 0.3) is 0 Å². The highest BCUT2D eigenvalue weighted by Gasteiger charge is 2.10. The van der Waals surface area contributed by atoms with E-state index in [-0.39, 0.29) is 0 Å². The molecule has 0 atom stereocenters. The lowest BCUT2D eigenvalue weighted by molar-refractivity contribution is 0.409. The van der Waals surface area contributed by atoms with Crippen LogP contribution in [0, 0.1) is 0 Å². The van der Waals surface area contributed by atoms with Crippen molar-refractivity contribution in [3.63, 3.8) is 0 Å². The van der Waals surface area contributed by atoms with Crippen LogP contribution in [0.25, 0.3) is 0 Å². The fourth-order valence-electron chi connectivity index (χ4n) is 1.59. The van der Waals surface area contributed by atoms with Crippen LogP contribution in [-0.4, -0.2) is 7.11 Å². The molecular formula is C12H13NO. The van der Waals surface area contributed by atoms with Crippen molar-refractivity contribution in [3.05, 3.63) is 54.4 Å². The van der Waals surface area contributed by atoms with Gasteiger partial charge in [-0.2, -0.15) is 0 Å². The third kappa shape index (κ3) is 1.64. The highest BCUT2D eigenvalue weighted by molar-refractivity contribution is 5.41. The monoisotopic (exact) mass is 187 g/mol. The number of benzene rings is 1. The van der Waals surface area contributed by atoms with Crippen molar-refractivity contribution < 1.29 is 4.74 Å². The molecule has 1 aromatic rings. The van der Waals surface area contributed by atoms with Gasteiger partial charge in [0.2, 0.25) is 0 Å². The molecule has 0 unspecified atom stereocenters. The van der Waals surface area contributed by atoms with Crippen LogP contribution >= 0.6 is 0 Å². The van der Waals surface area contributed by atoms with Crippen molar-refractivity contribution in [3.8, 4) is 5.75 Å². The normalized spacial score (nSPS) is 15.2. The molecular weight excluding hydrogens is 174 g/mol. The van der Waals surface area contributed by atoms with Crippen molar-refractivity contribution in [2.24, 2.45) is 0 Å². The van der Waals surface area contributed by atoms with Crippen LogP contribution in [-0.2, 0) is 0 Å². The Morgan fingerprint density at radius 3 is 2.57 bits per heavy atom. The maximum Gasteiger partial charge on any atom is 0.122 e. The van der Waals surface area contributed by atoms with Gasteiger partial charge in [-0.15, -0.1) is 0 Å². The summed E-state index contributed by atoms with van der Waals surface area (Å²) in [4.78, 5) is 0. The van der Waals surface area contributed by atoms with E-state index in [2.05, 4.69) is 23.5 Å². The lowest BCUT2D eigenvalue weighted by atomic mass is 9.97. The molecule has 0 amide bonds. The Morgan fingerprint density at radius 1 is 1.14 bits per heavy atom. The summed E-state index contributed by atoms with van der Waals surface area (Å²) in [6, 6.07) is 8.08. The van der Waals surface area contributed by atoms with Gasteiger partial charge in [-0.05, 0) is 18.5 Å². The third-order valence-corrected chi connectivity index (χ3v) is 2.30. The van der Waals surface area contributed by atoms with Crippen LogP contribution < -0.4 is 10.1 Å². The SMILES string of the molecule is COc1ccccc1C1C=CNC=C1. The third-order valence-electron chi connectivity index (χ3n) is 2.30. The van der Waals surface area contributed by atoms with Gasteiger partial charge in [0.15, 0.2) is 0 Å². The quantitative estimate of drug-likeness (QED) is 0.767. The fourth-order valence-corrected chi connectivity index (χ4v) is 1.59.